The standard InChI is InChI=1S/C66H44N2/c1-4-20-45(21-5-1)49-28-16-30-52(42-49)67(62-38-19-39-63-66(62)58-35-14-15-36-61(58)68(63)60-37-18-27-46-22-10-11-32-54(46)60)53-31-17-29-50(43-53)51-40-41-56-55-33-12-13-34-57(55)64(47-23-6-2-7-24-47)65(59(56)44-51)48-25-8-3-9-26-48/h1-44H. The number of para-hydroxylation sites is 1. The summed E-state index contributed by atoms with van der Waals surface area (Å²) in [6.45, 7) is 0. The molecule has 13 aromatic rings. The van der Waals surface area contributed by atoms with Gasteiger partial charge in [-0.3, -0.25) is 0 Å². The number of hydrogen-bond acceptors (Lipinski definition) is 1. The van der Waals surface area contributed by atoms with Crippen LogP contribution in [0.2, 0.25) is 0 Å². The quantitative estimate of drug-likeness (QED) is 0.138. The van der Waals surface area contributed by atoms with Crippen LogP contribution < -0.4 is 4.90 Å². The molecule has 0 N–H and O–H groups in total. The number of anilines is 3. The second kappa shape index (κ2) is 16.5. The van der Waals surface area contributed by atoms with E-state index in [1.54, 1.807) is 0 Å². The van der Waals surface area contributed by atoms with E-state index in [0.717, 1.165) is 33.7 Å². The summed E-state index contributed by atoms with van der Waals surface area (Å²) in [5.74, 6) is 0. The molecule has 0 spiro atoms. The Morgan fingerprint density at radius 1 is 0.265 bits per heavy atom. The summed E-state index contributed by atoms with van der Waals surface area (Å²) in [4.78, 5) is 2.47. The number of aromatic nitrogens is 1. The number of rotatable bonds is 8. The van der Waals surface area contributed by atoms with E-state index < -0.39 is 0 Å². The smallest absolute Gasteiger partial charge is 0.0562 e. The molecule has 2 heteroatoms. The van der Waals surface area contributed by atoms with E-state index in [0.29, 0.717) is 0 Å². The molecule has 0 saturated heterocycles. The van der Waals surface area contributed by atoms with Crippen LogP contribution in [0.25, 0.3) is 104 Å². The third kappa shape index (κ3) is 6.57. The lowest BCUT2D eigenvalue weighted by molar-refractivity contribution is 1.20. The van der Waals surface area contributed by atoms with Crippen molar-refractivity contribution >= 4 is 71.2 Å². The molecule has 1 heterocycles. The molecule has 0 saturated carbocycles. The molecule has 0 fully saturated rings. The van der Waals surface area contributed by atoms with Gasteiger partial charge in [-0.15, -0.1) is 0 Å². The van der Waals surface area contributed by atoms with Crippen LogP contribution in [0.4, 0.5) is 17.1 Å². The molecule has 1 aromatic heterocycles. The second-order valence-corrected chi connectivity index (χ2v) is 17.6. The molecule has 13 rings (SSSR count). The number of hydrogen-bond donors (Lipinski definition) is 0. The molecule has 0 radical (unpaired) electrons. The summed E-state index contributed by atoms with van der Waals surface area (Å²) in [6.07, 6.45) is 0. The lowest BCUT2D eigenvalue weighted by atomic mass is 9.84. The van der Waals surface area contributed by atoms with E-state index in [1.165, 1.54) is 87.7 Å². The van der Waals surface area contributed by atoms with E-state index in [-0.39, 0.29) is 0 Å². The molecule has 0 aliphatic heterocycles. The lowest BCUT2D eigenvalue weighted by Crippen LogP contribution is -2.10. The minimum Gasteiger partial charge on any atom is -0.310 e. The molecule has 0 aliphatic rings. The van der Waals surface area contributed by atoms with Gasteiger partial charge in [-0.2, -0.15) is 0 Å². The van der Waals surface area contributed by atoms with E-state index in [2.05, 4.69) is 276 Å². The zero-order valence-electron chi connectivity index (χ0n) is 37.3. The predicted octanol–water partition coefficient (Wildman–Crippen LogP) is 18.4. The largest absolute Gasteiger partial charge is 0.310 e. The van der Waals surface area contributed by atoms with Crippen molar-refractivity contribution in [3.8, 4) is 50.2 Å². The molecule has 2 nitrogen and oxygen atoms in total. The first-order valence-corrected chi connectivity index (χ1v) is 23.4. The zero-order valence-corrected chi connectivity index (χ0v) is 37.3. The normalized spacial score (nSPS) is 11.5. The third-order valence-electron chi connectivity index (χ3n) is 13.7. The zero-order chi connectivity index (χ0) is 45.0. The highest BCUT2D eigenvalue weighted by atomic mass is 15.1. The average Bonchev–Trinajstić information content (AvgIpc) is 3.76. The number of nitrogens with zero attached hydrogens (tertiary/aromatic N) is 2. The van der Waals surface area contributed by atoms with Gasteiger partial charge in [-0.1, -0.05) is 212 Å². The summed E-state index contributed by atoms with van der Waals surface area (Å²) < 4.78 is 2.46. The number of benzene rings is 12. The van der Waals surface area contributed by atoms with Crippen molar-refractivity contribution < 1.29 is 0 Å². The van der Waals surface area contributed by atoms with Gasteiger partial charge in [0, 0.05) is 27.5 Å². The first-order chi connectivity index (χ1) is 33.8. The van der Waals surface area contributed by atoms with E-state index in [1.807, 2.05) is 0 Å². The fourth-order valence-electron chi connectivity index (χ4n) is 10.7. The Balaban J connectivity index is 1.06. The Morgan fingerprint density at radius 2 is 0.735 bits per heavy atom. The van der Waals surface area contributed by atoms with Crippen molar-refractivity contribution in [2.75, 3.05) is 4.90 Å². The fourth-order valence-corrected chi connectivity index (χ4v) is 10.7. The molecule has 0 unspecified atom stereocenters. The molecule has 0 aliphatic carbocycles. The maximum Gasteiger partial charge on any atom is 0.0562 e. The van der Waals surface area contributed by atoms with Gasteiger partial charge in [0.2, 0.25) is 0 Å². The average molecular weight is 865 g/mol. The minimum atomic E-state index is 1.08. The Bertz CT molecular complexity index is 4010. The highest BCUT2D eigenvalue weighted by molar-refractivity contribution is 6.22. The van der Waals surface area contributed by atoms with Gasteiger partial charge in [0.1, 0.15) is 0 Å². The highest BCUT2D eigenvalue weighted by Gasteiger charge is 2.23. The molecule has 0 atom stereocenters. The van der Waals surface area contributed by atoms with Crippen LogP contribution in [-0.2, 0) is 0 Å². The summed E-state index contributed by atoms with van der Waals surface area (Å²) in [6, 6.07) is 97.6. The monoisotopic (exact) mass is 864 g/mol. The Hall–Kier alpha value is -8.98. The summed E-state index contributed by atoms with van der Waals surface area (Å²) >= 11 is 0. The van der Waals surface area contributed by atoms with Gasteiger partial charge < -0.3 is 9.47 Å². The van der Waals surface area contributed by atoms with Crippen LogP contribution in [-0.4, -0.2) is 4.57 Å². The summed E-state index contributed by atoms with van der Waals surface area (Å²) in [5.41, 5.74) is 16.3. The summed E-state index contributed by atoms with van der Waals surface area (Å²) in [5, 5.41) is 9.82. The Morgan fingerprint density at radius 3 is 1.44 bits per heavy atom. The van der Waals surface area contributed by atoms with Crippen molar-refractivity contribution in [1.82, 2.24) is 4.57 Å². The Kier molecular flexibility index (Phi) is 9.54. The van der Waals surface area contributed by atoms with Gasteiger partial charge in [0.25, 0.3) is 0 Å². The van der Waals surface area contributed by atoms with Crippen molar-refractivity contribution in [3.63, 3.8) is 0 Å². The first-order valence-electron chi connectivity index (χ1n) is 23.4. The van der Waals surface area contributed by atoms with Gasteiger partial charge in [0.05, 0.1) is 22.4 Å². The van der Waals surface area contributed by atoms with Crippen LogP contribution in [0.1, 0.15) is 0 Å². The van der Waals surface area contributed by atoms with E-state index in [9.17, 15) is 0 Å². The van der Waals surface area contributed by atoms with Crippen molar-refractivity contribution in [1.29, 1.82) is 0 Å². The molecular weight excluding hydrogens is 821 g/mol. The van der Waals surface area contributed by atoms with Crippen molar-refractivity contribution in [2.45, 2.75) is 0 Å². The van der Waals surface area contributed by atoms with Gasteiger partial charge in [-0.25, -0.2) is 0 Å². The van der Waals surface area contributed by atoms with Gasteiger partial charge in [-0.05, 0) is 126 Å². The molecule has 12 aromatic carbocycles. The topological polar surface area (TPSA) is 8.17 Å². The van der Waals surface area contributed by atoms with Gasteiger partial charge >= 0.3 is 0 Å². The van der Waals surface area contributed by atoms with E-state index in [4.69, 9.17) is 0 Å². The minimum absolute atomic E-state index is 1.08. The van der Waals surface area contributed by atoms with Crippen LogP contribution in [0.3, 0.4) is 0 Å². The maximum atomic E-state index is 2.47. The Labute approximate surface area is 395 Å². The number of fused-ring (bicyclic) bond motifs is 7. The molecule has 68 heavy (non-hydrogen) atoms. The first kappa shape index (κ1) is 39.4. The molecule has 0 amide bonds. The van der Waals surface area contributed by atoms with E-state index >= 15 is 0 Å². The molecule has 318 valence electrons. The van der Waals surface area contributed by atoms with Crippen LogP contribution in [0.15, 0.2) is 267 Å². The molecule has 0 bridgehead atoms. The summed E-state index contributed by atoms with van der Waals surface area (Å²) in [7, 11) is 0. The lowest BCUT2D eigenvalue weighted by Gasteiger charge is -2.27. The second-order valence-electron chi connectivity index (χ2n) is 17.6. The molecular formula is C66H44N2. The fraction of sp³-hybridized carbons (Fsp3) is 0. The van der Waals surface area contributed by atoms with Crippen molar-refractivity contribution in [2.24, 2.45) is 0 Å². The van der Waals surface area contributed by atoms with Crippen molar-refractivity contribution in [3.05, 3.63) is 267 Å². The maximum absolute atomic E-state index is 2.47. The predicted molar refractivity (Wildman–Crippen MR) is 290 cm³/mol. The SMILES string of the molecule is c1ccc(-c2cccc(N(c3cccc(-c4ccc5c(c4)c(-c4ccccc4)c(-c4ccccc4)c4ccccc45)c3)c3cccc4c3c3ccccc3n4-c3cccc4ccccc34)c2)cc1. The third-order valence-corrected chi connectivity index (χ3v) is 13.7. The van der Waals surface area contributed by atoms with Crippen LogP contribution >= 0.6 is 0 Å². The van der Waals surface area contributed by atoms with Crippen LogP contribution in [0.5, 0.6) is 0 Å². The van der Waals surface area contributed by atoms with Gasteiger partial charge in [0.15, 0.2) is 0 Å². The highest BCUT2D eigenvalue weighted by Crippen LogP contribution is 2.48. The van der Waals surface area contributed by atoms with Crippen LogP contribution in [0, 0.1) is 0 Å².